The number of carboxylic acid groups (broad SMARTS) is 1. The Morgan fingerprint density at radius 3 is 2.81 bits per heavy atom. The fourth-order valence-electron chi connectivity index (χ4n) is 1.67. The molecule has 84 valence electrons. The lowest BCUT2D eigenvalue weighted by Gasteiger charge is -1.95. The standard InChI is InChI=1S/C11H8BrFO3/c1-2-5-6-3-7(12)8(13)4-9(6)16-10(5)11(14)15/h3-4H,2H2,1H3,(H,14,15). The van der Waals surface area contributed by atoms with E-state index < -0.39 is 11.8 Å². The third-order valence-electron chi connectivity index (χ3n) is 2.38. The Bertz CT molecular complexity index is 574. The Hall–Kier alpha value is -1.36. The summed E-state index contributed by atoms with van der Waals surface area (Å²) in [7, 11) is 0. The number of aryl methyl sites for hydroxylation is 1. The summed E-state index contributed by atoms with van der Waals surface area (Å²) in [5, 5.41) is 9.57. The van der Waals surface area contributed by atoms with Crippen LogP contribution in [0.2, 0.25) is 0 Å². The number of hydrogen-bond donors (Lipinski definition) is 1. The van der Waals surface area contributed by atoms with Crippen molar-refractivity contribution in [2.75, 3.05) is 0 Å². The predicted octanol–water partition coefficient (Wildman–Crippen LogP) is 3.60. The number of aromatic carboxylic acids is 1. The topological polar surface area (TPSA) is 50.4 Å². The van der Waals surface area contributed by atoms with Crippen LogP contribution in [0.5, 0.6) is 0 Å². The van der Waals surface area contributed by atoms with Gasteiger partial charge in [0, 0.05) is 17.0 Å². The van der Waals surface area contributed by atoms with Crippen LogP contribution in [0.15, 0.2) is 21.0 Å². The summed E-state index contributed by atoms with van der Waals surface area (Å²) >= 11 is 3.06. The second-order valence-corrected chi connectivity index (χ2v) is 4.19. The molecule has 0 spiro atoms. The molecular weight excluding hydrogens is 279 g/mol. The Morgan fingerprint density at radius 2 is 2.25 bits per heavy atom. The monoisotopic (exact) mass is 286 g/mol. The maximum Gasteiger partial charge on any atom is 0.372 e. The van der Waals surface area contributed by atoms with E-state index in [-0.39, 0.29) is 11.3 Å². The van der Waals surface area contributed by atoms with E-state index in [0.29, 0.717) is 21.8 Å². The summed E-state index contributed by atoms with van der Waals surface area (Å²) in [6, 6.07) is 2.73. The number of benzene rings is 1. The quantitative estimate of drug-likeness (QED) is 0.918. The van der Waals surface area contributed by atoms with Gasteiger partial charge < -0.3 is 9.52 Å². The highest BCUT2D eigenvalue weighted by atomic mass is 79.9. The molecule has 0 amide bonds. The molecule has 0 radical (unpaired) electrons. The Kier molecular flexibility index (Phi) is 2.71. The number of fused-ring (bicyclic) bond motifs is 1. The molecule has 1 heterocycles. The second-order valence-electron chi connectivity index (χ2n) is 3.33. The van der Waals surface area contributed by atoms with Crippen molar-refractivity contribution < 1.29 is 18.7 Å². The van der Waals surface area contributed by atoms with Crippen molar-refractivity contribution in [3.05, 3.63) is 33.7 Å². The van der Waals surface area contributed by atoms with Crippen LogP contribution in [0, 0.1) is 5.82 Å². The molecule has 1 aromatic carbocycles. The molecule has 0 saturated heterocycles. The Labute approximate surface area is 99.0 Å². The lowest BCUT2D eigenvalue weighted by Crippen LogP contribution is -1.97. The first kappa shape index (κ1) is 11.1. The maximum atomic E-state index is 13.2. The number of carbonyl (C=O) groups is 1. The minimum Gasteiger partial charge on any atom is -0.475 e. The van der Waals surface area contributed by atoms with E-state index in [1.54, 1.807) is 6.07 Å². The molecule has 5 heteroatoms. The van der Waals surface area contributed by atoms with Crippen molar-refractivity contribution >= 4 is 32.9 Å². The molecular formula is C11H8BrFO3. The summed E-state index contributed by atoms with van der Waals surface area (Å²) in [6.07, 6.45) is 0.521. The first-order chi connectivity index (χ1) is 7.54. The van der Waals surface area contributed by atoms with Crippen LogP contribution in [-0.4, -0.2) is 11.1 Å². The van der Waals surface area contributed by atoms with Crippen molar-refractivity contribution in [3.8, 4) is 0 Å². The maximum absolute atomic E-state index is 13.2. The second kappa shape index (κ2) is 3.90. The van der Waals surface area contributed by atoms with E-state index in [4.69, 9.17) is 9.52 Å². The van der Waals surface area contributed by atoms with Gasteiger partial charge in [0.2, 0.25) is 5.76 Å². The van der Waals surface area contributed by atoms with E-state index in [1.807, 2.05) is 6.92 Å². The summed E-state index contributed by atoms with van der Waals surface area (Å²) in [6.45, 7) is 1.83. The van der Waals surface area contributed by atoms with Gasteiger partial charge in [0.05, 0.1) is 4.47 Å². The molecule has 0 bridgehead atoms. The van der Waals surface area contributed by atoms with Crippen LogP contribution in [0.4, 0.5) is 4.39 Å². The summed E-state index contributed by atoms with van der Waals surface area (Å²) < 4.78 is 18.7. The van der Waals surface area contributed by atoms with Crippen LogP contribution in [0.3, 0.4) is 0 Å². The van der Waals surface area contributed by atoms with Gasteiger partial charge >= 0.3 is 5.97 Å². The van der Waals surface area contributed by atoms with Crippen molar-refractivity contribution in [1.29, 1.82) is 0 Å². The summed E-state index contributed by atoms with van der Waals surface area (Å²) in [5.74, 6) is -1.72. The first-order valence-corrected chi connectivity index (χ1v) is 5.47. The van der Waals surface area contributed by atoms with Crippen molar-refractivity contribution in [2.45, 2.75) is 13.3 Å². The van der Waals surface area contributed by atoms with Gasteiger partial charge in [0.15, 0.2) is 0 Å². The van der Waals surface area contributed by atoms with Gasteiger partial charge in [-0.15, -0.1) is 0 Å². The zero-order valence-corrected chi connectivity index (χ0v) is 9.97. The van der Waals surface area contributed by atoms with Crippen LogP contribution in [-0.2, 0) is 6.42 Å². The fraction of sp³-hybridized carbons (Fsp3) is 0.182. The highest BCUT2D eigenvalue weighted by molar-refractivity contribution is 9.10. The zero-order valence-electron chi connectivity index (χ0n) is 8.38. The smallest absolute Gasteiger partial charge is 0.372 e. The van der Waals surface area contributed by atoms with Gasteiger partial charge in [-0.25, -0.2) is 9.18 Å². The van der Waals surface area contributed by atoms with E-state index in [1.165, 1.54) is 6.07 Å². The third-order valence-corrected chi connectivity index (χ3v) is 2.99. The number of rotatable bonds is 2. The number of hydrogen-bond acceptors (Lipinski definition) is 2. The lowest BCUT2D eigenvalue weighted by molar-refractivity contribution is 0.0663. The van der Waals surface area contributed by atoms with Gasteiger partial charge in [-0.05, 0) is 28.4 Å². The first-order valence-electron chi connectivity index (χ1n) is 4.68. The normalized spacial score (nSPS) is 10.9. The molecule has 0 aliphatic rings. The van der Waals surface area contributed by atoms with Gasteiger partial charge in [-0.3, -0.25) is 0 Å². The zero-order chi connectivity index (χ0) is 11.9. The molecule has 0 aliphatic heterocycles. The third kappa shape index (κ3) is 1.61. The minimum atomic E-state index is -1.13. The van der Waals surface area contributed by atoms with Gasteiger partial charge in [-0.1, -0.05) is 6.92 Å². The van der Waals surface area contributed by atoms with Crippen LogP contribution in [0.1, 0.15) is 23.0 Å². The van der Waals surface area contributed by atoms with Crippen LogP contribution < -0.4 is 0 Å². The van der Waals surface area contributed by atoms with Gasteiger partial charge in [-0.2, -0.15) is 0 Å². The van der Waals surface area contributed by atoms with Crippen LogP contribution in [0.25, 0.3) is 11.0 Å². The molecule has 1 aromatic heterocycles. The SMILES string of the molecule is CCc1c(C(=O)O)oc2cc(F)c(Br)cc12. The summed E-state index contributed by atoms with van der Waals surface area (Å²) in [5.41, 5.74) is 0.846. The fourth-order valence-corrected chi connectivity index (χ4v) is 2.01. The molecule has 0 atom stereocenters. The number of carboxylic acids is 1. The average Bonchev–Trinajstić information content (AvgIpc) is 2.57. The van der Waals surface area contributed by atoms with Crippen molar-refractivity contribution in [1.82, 2.24) is 0 Å². The van der Waals surface area contributed by atoms with Crippen molar-refractivity contribution in [3.63, 3.8) is 0 Å². The highest BCUT2D eigenvalue weighted by Gasteiger charge is 2.19. The molecule has 0 saturated carbocycles. The Balaban J connectivity index is 2.82. The largest absolute Gasteiger partial charge is 0.475 e. The molecule has 1 N–H and O–H groups in total. The minimum absolute atomic E-state index is 0.116. The molecule has 2 rings (SSSR count). The summed E-state index contributed by atoms with van der Waals surface area (Å²) in [4.78, 5) is 10.9. The highest BCUT2D eigenvalue weighted by Crippen LogP contribution is 2.30. The molecule has 0 aliphatic carbocycles. The average molecular weight is 287 g/mol. The molecule has 3 nitrogen and oxygen atoms in total. The molecule has 2 aromatic rings. The number of halogens is 2. The van der Waals surface area contributed by atoms with E-state index >= 15 is 0 Å². The van der Waals surface area contributed by atoms with E-state index in [9.17, 15) is 9.18 Å². The van der Waals surface area contributed by atoms with Crippen LogP contribution >= 0.6 is 15.9 Å². The molecule has 0 unspecified atom stereocenters. The predicted molar refractivity (Wildman–Crippen MR) is 60.2 cm³/mol. The van der Waals surface area contributed by atoms with E-state index in [0.717, 1.165) is 0 Å². The molecule has 0 fully saturated rings. The Morgan fingerprint density at radius 1 is 1.56 bits per heavy atom. The van der Waals surface area contributed by atoms with Gasteiger partial charge in [0.25, 0.3) is 0 Å². The lowest BCUT2D eigenvalue weighted by atomic mass is 10.1. The van der Waals surface area contributed by atoms with Gasteiger partial charge in [0.1, 0.15) is 11.4 Å². The van der Waals surface area contributed by atoms with E-state index in [2.05, 4.69) is 15.9 Å². The van der Waals surface area contributed by atoms with Crippen molar-refractivity contribution in [2.24, 2.45) is 0 Å². The number of furan rings is 1. The molecule has 16 heavy (non-hydrogen) atoms.